The van der Waals surface area contributed by atoms with E-state index in [0.29, 0.717) is 12.8 Å². The minimum Gasteiger partial charge on any atom is -0.295 e. The summed E-state index contributed by atoms with van der Waals surface area (Å²) in [7, 11) is 2.26. The van der Waals surface area contributed by atoms with E-state index in [1.54, 1.807) is 0 Å². The molecule has 4 nitrogen and oxygen atoms in total. The molecule has 1 fully saturated rings. The van der Waals surface area contributed by atoms with Crippen molar-refractivity contribution in [3.05, 3.63) is 0 Å². The summed E-state index contributed by atoms with van der Waals surface area (Å²) in [4.78, 5) is 21.4. The van der Waals surface area contributed by atoms with Gasteiger partial charge in [0.1, 0.15) is 0 Å². The maximum Gasteiger partial charge on any atom is 0.243 e. The smallest absolute Gasteiger partial charge is 0.243 e. The molecule has 0 aliphatic carbocycles. The average Bonchev–Trinajstić information content (AvgIpc) is 1.88. The van der Waals surface area contributed by atoms with Crippen LogP contribution in [0.2, 0.25) is 0 Å². The molecule has 0 aromatic rings. The van der Waals surface area contributed by atoms with Crippen molar-refractivity contribution in [2.75, 3.05) is 0 Å². The van der Waals surface area contributed by atoms with Crippen molar-refractivity contribution in [2.45, 2.75) is 18.9 Å². The summed E-state index contributed by atoms with van der Waals surface area (Å²) in [5.41, 5.74) is 0. The van der Waals surface area contributed by atoms with Crippen LogP contribution < -0.4 is 10.4 Å². The molecule has 2 unspecified atom stereocenters. The highest BCUT2D eigenvalue weighted by molar-refractivity contribution is 7.13. The van der Waals surface area contributed by atoms with Crippen LogP contribution in [0.4, 0.5) is 0 Å². The van der Waals surface area contributed by atoms with Gasteiger partial charge in [-0.15, -0.1) is 0 Å². The quantitative estimate of drug-likeness (QED) is 0.389. The fourth-order valence-electron chi connectivity index (χ4n) is 0.853. The first-order valence-corrected chi connectivity index (χ1v) is 3.61. The molecule has 1 aliphatic rings. The van der Waals surface area contributed by atoms with Gasteiger partial charge in [0.15, 0.2) is 0 Å². The first-order chi connectivity index (χ1) is 4.74. The van der Waals surface area contributed by atoms with Crippen LogP contribution in [0.3, 0.4) is 0 Å². The Morgan fingerprint density at radius 3 is 2.80 bits per heavy atom. The zero-order valence-corrected chi connectivity index (χ0v) is 6.54. The lowest BCUT2D eigenvalue weighted by Gasteiger charge is -2.19. The number of piperidine rings is 1. The van der Waals surface area contributed by atoms with Crippen molar-refractivity contribution in [1.82, 2.24) is 10.4 Å². The van der Waals surface area contributed by atoms with E-state index in [1.807, 2.05) is 0 Å². The Balaban J connectivity index is 2.51. The molecule has 2 atom stereocenters. The van der Waals surface area contributed by atoms with E-state index in [-0.39, 0.29) is 17.9 Å². The summed E-state index contributed by atoms with van der Waals surface area (Å²) < 4.78 is 0. The maximum absolute atomic E-state index is 10.8. The SMILES string of the molecule is O=C1CCC(NP)C(=O)N1. The minimum atomic E-state index is -0.230. The van der Waals surface area contributed by atoms with Crippen molar-refractivity contribution in [3.63, 3.8) is 0 Å². The van der Waals surface area contributed by atoms with Gasteiger partial charge in [-0.1, -0.05) is 9.39 Å². The molecule has 56 valence electrons. The molecule has 0 spiro atoms. The average molecular weight is 160 g/mol. The third-order valence-corrected chi connectivity index (χ3v) is 1.84. The molecule has 0 radical (unpaired) electrons. The number of carbonyl (C=O) groups excluding carboxylic acids is 2. The Bertz CT molecular complexity index is 171. The second kappa shape index (κ2) is 3.08. The summed E-state index contributed by atoms with van der Waals surface area (Å²) in [6.45, 7) is 0. The lowest BCUT2D eigenvalue weighted by atomic mass is 10.1. The molecule has 0 aromatic carbocycles. The van der Waals surface area contributed by atoms with Crippen LogP contribution in [-0.2, 0) is 9.59 Å². The second-order valence-electron chi connectivity index (χ2n) is 2.17. The number of carbonyl (C=O) groups is 2. The summed E-state index contributed by atoms with van der Waals surface area (Å²) in [5, 5.41) is 4.95. The first kappa shape index (κ1) is 7.63. The maximum atomic E-state index is 10.8. The Morgan fingerprint density at radius 1 is 1.60 bits per heavy atom. The highest BCUT2D eigenvalue weighted by Crippen LogP contribution is 2.04. The predicted octanol–water partition coefficient (Wildman–Crippen LogP) is -0.829. The van der Waals surface area contributed by atoms with E-state index in [1.165, 1.54) is 0 Å². The van der Waals surface area contributed by atoms with Crippen molar-refractivity contribution in [3.8, 4) is 0 Å². The molecule has 0 saturated carbocycles. The van der Waals surface area contributed by atoms with E-state index in [0.717, 1.165) is 0 Å². The van der Waals surface area contributed by atoms with E-state index in [9.17, 15) is 9.59 Å². The normalized spacial score (nSPS) is 26.3. The van der Waals surface area contributed by atoms with E-state index in [2.05, 4.69) is 19.8 Å². The molecule has 1 heterocycles. The fourth-order valence-corrected chi connectivity index (χ4v) is 1.17. The molecule has 10 heavy (non-hydrogen) atoms. The minimum absolute atomic E-state index is 0.179. The number of nitrogens with one attached hydrogen (secondary N) is 2. The largest absolute Gasteiger partial charge is 0.295 e. The van der Waals surface area contributed by atoms with Gasteiger partial charge in [-0.25, -0.2) is 0 Å². The lowest BCUT2D eigenvalue weighted by Crippen LogP contribution is -2.47. The molecule has 1 aliphatic heterocycles. The van der Waals surface area contributed by atoms with Gasteiger partial charge >= 0.3 is 0 Å². The standard InChI is InChI=1S/C5H9N2O2P/c8-4-2-1-3(7-10)5(9)6-4/h3,7H,1-2,10H2,(H,6,8,9). The summed E-state index contributed by atoms with van der Waals surface area (Å²) in [5.74, 6) is -0.409. The molecule has 0 bridgehead atoms. The van der Waals surface area contributed by atoms with Gasteiger partial charge in [-0.2, -0.15) is 0 Å². The van der Waals surface area contributed by atoms with Crippen LogP contribution in [0.1, 0.15) is 12.8 Å². The predicted molar refractivity (Wildman–Crippen MR) is 39.0 cm³/mol. The van der Waals surface area contributed by atoms with Crippen LogP contribution in [-0.4, -0.2) is 17.9 Å². The van der Waals surface area contributed by atoms with Crippen LogP contribution >= 0.6 is 9.39 Å². The molecular formula is C5H9N2O2P. The Labute approximate surface area is 61.0 Å². The third-order valence-electron chi connectivity index (χ3n) is 1.44. The third kappa shape index (κ3) is 1.52. The number of rotatable bonds is 1. The summed E-state index contributed by atoms with van der Waals surface area (Å²) in [6, 6.07) is -0.220. The zero-order chi connectivity index (χ0) is 7.56. The van der Waals surface area contributed by atoms with Gasteiger partial charge in [-0.3, -0.25) is 20.0 Å². The van der Waals surface area contributed by atoms with Gasteiger partial charge in [0.2, 0.25) is 11.8 Å². The monoisotopic (exact) mass is 160 g/mol. The molecule has 1 rings (SSSR count). The summed E-state index contributed by atoms with van der Waals surface area (Å²) >= 11 is 0. The Kier molecular flexibility index (Phi) is 2.35. The van der Waals surface area contributed by atoms with Gasteiger partial charge in [-0.05, 0) is 6.42 Å². The lowest BCUT2D eigenvalue weighted by molar-refractivity contribution is -0.134. The highest BCUT2D eigenvalue weighted by atomic mass is 31.0. The Hall–Kier alpha value is -0.470. The summed E-state index contributed by atoms with van der Waals surface area (Å²) in [6.07, 6.45) is 1.02. The zero-order valence-electron chi connectivity index (χ0n) is 5.39. The first-order valence-electron chi connectivity index (χ1n) is 3.04. The van der Waals surface area contributed by atoms with Gasteiger partial charge in [0.25, 0.3) is 0 Å². The van der Waals surface area contributed by atoms with Crippen molar-refractivity contribution in [1.29, 1.82) is 0 Å². The second-order valence-corrected chi connectivity index (χ2v) is 2.50. The molecule has 2 N–H and O–H groups in total. The molecule has 5 heteroatoms. The number of hydrogen-bond donors (Lipinski definition) is 2. The van der Waals surface area contributed by atoms with Crippen molar-refractivity contribution >= 4 is 21.2 Å². The topological polar surface area (TPSA) is 58.2 Å². The molecule has 1 saturated heterocycles. The molecule has 2 amide bonds. The van der Waals surface area contributed by atoms with Crippen molar-refractivity contribution in [2.24, 2.45) is 0 Å². The highest BCUT2D eigenvalue weighted by Gasteiger charge is 2.24. The van der Waals surface area contributed by atoms with Crippen molar-refractivity contribution < 1.29 is 9.59 Å². The van der Waals surface area contributed by atoms with Crippen LogP contribution in [0, 0.1) is 0 Å². The van der Waals surface area contributed by atoms with E-state index >= 15 is 0 Å². The number of imide groups is 1. The fraction of sp³-hybridized carbons (Fsp3) is 0.600. The van der Waals surface area contributed by atoms with Gasteiger partial charge < -0.3 is 0 Å². The van der Waals surface area contributed by atoms with Crippen LogP contribution in [0.15, 0.2) is 0 Å². The van der Waals surface area contributed by atoms with Gasteiger partial charge in [0.05, 0.1) is 6.04 Å². The van der Waals surface area contributed by atoms with Gasteiger partial charge in [0, 0.05) is 6.42 Å². The molecule has 0 aromatic heterocycles. The van der Waals surface area contributed by atoms with E-state index in [4.69, 9.17) is 0 Å². The Morgan fingerprint density at radius 2 is 2.30 bits per heavy atom. The number of hydrogen-bond acceptors (Lipinski definition) is 3. The molecular weight excluding hydrogens is 151 g/mol. The van der Waals surface area contributed by atoms with Crippen LogP contribution in [0.25, 0.3) is 0 Å². The number of amides is 2. The van der Waals surface area contributed by atoms with E-state index < -0.39 is 0 Å². The van der Waals surface area contributed by atoms with Crippen LogP contribution in [0.5, 0.6) is 0 Å².